The van der Waals surface area contributed by atoms with E-state index in [1.807, 2.05) is 56.3 Å². The highest BCUT2D eigenvalue weighted by molar-refractivity contribution is 7.86. The predicted octanol–water partition coefficient (Wildman–Crippen LogP) is 2.51. The van der Waals surface area contributed by atoms with Gasteiger partial charge in [-0.15, -0.1) is 0 Å². The molecule has 9 nitrogen and oxygen atoms in total. The number of imidazole rings is 1. The van der Waals surface area contributed by atoms with Gasteiger partial charge in [-0.1, -0.05) is 12.1 Å². The van der Waals surface area contributed by atoms with Crippen molar-refractivity contribution in [3.8, 4) is 11.4 Å². The Morgan fingerprint density at radius 3 is 2.26 bits per heavy atom. The van der Waals surface area contributed by atoms with Crippen LogP contribution in [0.3, 0.4) is 0 Å². The van der Waals surface area contributed by atoms with Crippen molar-refractivity contribution in [2.75, 3.05) is 46.4 Å². The summed E-state index contributed by atoms with van der Waals surface area (Å²) in [6, 6.07) is 16.1. The molecule has 0 N–H and O–H groups in total. The summed E-state index contributed by atoms with van der Waals surface area (Å²) in [5, 5.41) is 0. The van der Waals surface area contributed by atoms with E-state index in [0.717, 1.165) is 28.3 Å². The average molecular weight is 500 g/mol. The number of morpholine rings is 1. The van der Waals surface area contributed by atoms with Gasteiger partial charge in [-0.25, -0.2) is 4.98 Å². The fourth-order valence-corrected chi connectivity index (χ4v) is 6.75. The van der Waals surface area contributed by atoms with E-state index in [4.69, 9.17) is 14.5 Å². The molecule has 1 aromatic heterocycles. The van der Waals surface area contributed by atoms with Crippen LogP contribution in [0, 0.1) is 0 Å². The number of hydrogen-bond acceptors (Lipinski definition) is 6. The van der Waals surface area contributed by atoms with Crippen LogP contribution in [-0.2, 0) is 21.5 Å². The Hall–Kier alpha value is -2.50. The van der Waals surface area contributed by atoms with Crippen molar-refractivity contribution < 1.29 is 17.9 Å². The Labute approximate surface area is 207 Å². The summed E-state index contributed by atoms with van der Waals surface area (Å²) in [5.74, 6) is 1.74. The van der Waals surface area contributed by atoms with Gasteiger partial charge in [0.15, 0.2) is 0 Å². The van der Waals surface area contributed by atoms with E-state index >= 15 is 0 Å². The Kier molecular flexibility index (Phi) is 6.82. The summed E-state index contributed by atoms with van der Waals surface area (Å²) in [6.45, 7) is 7.52. The van der Waals surface area contributed by atoms with Crippen LogP contribution in [0.25, 0.3) is 16.7 Å². The molecule has 0 bridgehead atoms. The molecule has 35 heavy (non-hydrogen) atoms. The monoisotopic (exact) mass is 499 g/mol. The van der Waals surface area contributed by atoms with Crippen LogP contribution < -0.4 is 4.74 Å². The summed E-state index contributed by atoms with van der Waals surface area (Å²) >= 11 is 0. The van der Waals surface area contributed by atoms with Crippen molar-refractivity contribution >= 4 is 21.2 Å². The van der Waals surface area contributed by atoms with E-state index < -0.39 is 10.2 Å². The van der Waals surface area contributed by atoms with Crippen molar-refractivity contribution in [3.05, 3.63) is 54.4 Å². The van der Waals surface area contributed by atoms with E-state index in [0.29, 0.717) is 45.8 Å². The highest BCUT2D eigenvalue weighted by Gasteiger charge is 2.36. The Morgan fingerprint density at radius 2 is 1.60 bits per heavy atom. The third-order valence-electron chi connectivity index (χ3n) is 6.70. The molecule has 2 aliphatic rings. The number of rotatable bonds is 6. The predicted molar refractivity (Wildman–Crippen MR) is 135 cm³/mol. The minimum absolute atomic E-state index is 0.0965. The molecule has 0 radical (unpaired) electrons. The first-order valence-electron chi connectivity index (χ1n) is 12.1. The molecule has 2 fully saturated rings. The Morgan fingerprint density at radius 1 is 0.943 bits per heavy atom. The molecular formula is C25H33N5O4S. The summed E-state index contributed by atoms with van der Waals surface area (Å²) in [6.07, 6.45) is -0.193. The molecule has 5 rings (SSSR count). The first-order valence-corrected chi connectivity index (χ1v) is 13.5. The van der Waals surface area contributed by atoms with Crippen LogP contribution in [-0.4, -0.2) is 90.1 Å². The summed E-state index contributed by atoms with van der Waals surface area (Å²) in [7, 11) is -1.84. The molecule has 3 aromatic rings. The van der Waals surface area contributed by atoms with Crippen LogP contribution in [0.5, 0.6) is 5.75 Å². The fourth-order valence-electron chi connectivity index (χ4n) is 5.00. The van der Waals surface area contributed by atoms with Crippen molar-refractivity contribution in [2.24, 2.45) is 0 Å². The van der Waals surface area contributed by atoms with E-state index in [1.54, 1.807) is 15.7 Å². The second-order valence-electron chi connectivity index (χ2n) is 9.31. The molecule has 2 atom stereocenters. The lowest BCUT2D eigenvalue weighted by molar-refractivity contribution is -0.0457. The summed E-state index contributed by atoms with van der Waals surface area (Å²) in [5.41, 5.74) is 3.01. The standard InChI is InChI=1S/C25H33N5O4S/c1-19-16-29(17-20(2)34-19)35(31,32)28-14-12-27(13-15-28)18-25-26-23-6-4-5-7-24(23)30(25)21-8-10-22(33-3)11-9-21/h4-11,19-20H,12-18H2,1-3H3. The minimum Gasteiger partial charge on any atom is -0.497 e. The number of aromatic nitrogens is 2. The number of hydrogen-bond donors (Lipinski definition) is 0. The quantitative estimate of drug-likeness (QED) is 0.519. The number of nitrogens with zero attached hydrogens (tertiary/aromatic N) is 5. The lowest BCUT2D eigenvalue weighted by Gasteiger charge is -2.40. The van der Waals surface area contributed by atoms with Gasteiger partial charge in [-0.05, 0) is 50.2 Å². The fraction of sp³-hybridized carbons (Fsp3) is 0.480. The van der Waals surface area contributed by atoms with Crippen molar-refractivity contribution in [1.29, 1.82) is 0 Å². The van der Waals surface area contributed by atoms with Crippen LogP contribution in [0.2, 0.25) is 0 Å². The van der Waals surface area contributed by atoms with Gasteiger partial charge in [-0.3, -0.25) is 9.47 Å². The van der Waals surface area contributed by atoms with Crippen LogP contribution >= 0.6 is 0 Å². The van der Waals surface area contributed by atoms with Crippen LogP contribution in [0.1, 0.15) is 19.7 Å². The SMILES string of the molecule is COc1ccc(-n2c(CN3CCN(S(=O)(=O)N4CC(C)OC(C)C4)CC3)nc3ccccc32)cc1. The second-order valence-corrected chi connectivity index (χ2v) is 11.2. The normalized spacial score (nSPS) is 23.1. The van der Waals surface area contributed by atoms with Gasteiger partial charge in [0, 0.05) is 45.0 Å². The molecule has 0 saturated carbocycles. The number of para-hydroxylation sites is 2. The molecule has 2 saturated heterocycles. The maximum Gasteiger partial charge on any atom is 0.282 e. The second kappa shape index (κ2) is 9.87. The van der Waals surface area contributed by atoms with Gasteiger partial charge < -0.3 is 9.47 Å². The van der Waals surface area contributed by atoms with Crippen molar-refractivity contribution in [3.63, 3.8) is 0 Å². The zero-order valence-electron chi connectivity index (χ0n) is 20.5. The molecule has 10 heteroatoms. The van der Waals surface area contributed by atoms with Gasteiger partial charge >= 0.3 is 0 Å². The Balaban J connectivity index is 1.32. The number of piperazine rings is 1. The topological polar surface area (TPSA) is 80.1 Å². The molecular weight excluding hydrogens is 466 g/mol. The molecule has 2 aliphatic heterocycles. The molecule has 0 aliphatic carbocycles. The average Bonchev–Trinajstić information content (AvgIpc) is 3.21. The molecule has 188 valence electrons. The van der Waals surface area contributed by atoms with E-state index in [-0.39, 0.29) is 12.2 Å². The molecule has 3 heterocycles. The minimum atomic E-state index is -3.50. The highest BCUT2D eigenvalue weighted by atomic mass is 32.2. The maximum absolute atomic E-state index is 13.3. The maximum atomic E-state index is 13.3. The van der Waals surface area contributed by atoms with Gasteiger partial charge in [0.1, 0.15) is 11.6 Å². The van der Waals surface area contributed by atoms with Gasteiger partial charge in [0.25, 0.3) is 10.2 Å². The summed E-state index contributed by atoms with van der Waals surface area (Å²) in [4.78, 5) is 7.20. The lowest BCUT2D eigenvalue weighted by Crippen LogP contribution is -2.57. The van der Waals surface area contributed by atoms with Gasteiger partial charge in [-0.2, -0.15) is 17.0 Å². The first kappa shape index (κ1) is 24.2. The highest BCUT2D eigenvalue weighted by Crippen LogP contribution is 2.25. The van der Waals surface area contributed by atoms with Crippen LogP contribution in [0.4, 0.5) is 0 Å². The number of benzene rings is 2. The van der Waals surface area contributed by atoms with E-state index in [2.05, 4.69) is 15.5 Å². The van der Waals surface area contributed by atoms with E-state index in [9.17, 15) is 8.42 Å². The largest absolute Gasteiger partial charge is 0.497 e. The van der Waals surface area contributed by atoms with Crippen molar-refractivity contribution in [2.45, 2.75) is 32.6 Å². The number of methoxy groups -OCH3 is 1. The molecule has 0 spiro atoms. The summed E-state index contributed by atoms with van der Waals surface area (Å²) < 4.78 is 42.9. The van der Waals surface area contributed by atoms with Gasteiger partial charge in [0.05, 0.1) is 36.9 Å². The Bertz CT molecular complexity index is 1260. The lowest BCUT2D eigenvalue weighted by atomic mass is 10.2. The number of fused-ring (bicyclic) bond motifs is 1. The smallest absolute Gasteiger partial charge is 0.282 e. The third kappa shape index (κ3) is 4.94. The molecule has 2 unspecified atom stereocenters. The zero-order valence-corrected chi connectivity index (χ0v) is 21.3. The van der Waals surface area contributed by atoms with Crippen molar-refractivity contribution in [1.82, 2.24) is 23.1 Å². The molecule has 2 aromatic carbocycles. The van der Waals surface area contributed by atoms with Crippen LogP contribution in [0.15, 0.2) is 48.5 Å². The van der Waals surface area contributed by atoms with E-state index in [1.165, 1.54) is 0 Å². The third-order valence-corrected chi connectivity index (χ3v) is 8.66. The molecule has 0 amide bonds. The first-order chi connectivity index (χ1) is 16.8. The zero-order chi connectivity index (χ0) is 24.6. The number of ether oxygens (including phenoxy) is 2. The van der Waals surface area contributed by atoms with Gasteiger partial charge in [0.2, 0.25) is 0 Å².